The third-order valence-corrected chi connectivity index (χ3v) is 3.09. The Bertz CT molecular complexity index is 441. The SMILES string of the molecule is C#CCOc1ccc(Br)cc1CNCCCOC(C)C. The van der Waals surface area contributed by atoms with Crippen LogP contribution in [0, 0.1) is 12.3 Å². The Kier molecular flexibility index (Phi) is 8.36. The van der Waals surface area contributed by atoms with E-state index in [9.17, 15) is 0 Å². The molecule has 1 rings (SSSR count). The van der Waals surface area contributed by atoms with Gasteiger partial charge in [-0.2, -0.15) is 0 Å². The van der Waals surface area contributed by atoms with Gasteiger partial charge in [-0.3, -0.25) is 0 Å². The summed E-state index contributed by atoms with van der Waals surface area (Å²) in [6, 6.07) is 5.93. The lowest BCUT2D eigenvalue weighted by Crippen LogP contribution is -2.18. The van der Waals surface area contributed by atoms with Crippen LogP contribution >= 0.6 is 15.9 Å². The Balaban J connectivity index is 2.38. The van der Waals surface area contributed by atoms with Crippen molar-refractivity contribution in [2.45, 2.75) is 32.9 Å². The van der Waals surface area contributed by atoms with Gasteiger partial charge >= 0.3 is 0 Å². The molecule has 20 heavy (non-hydrogen) atoms. The van der Waals surface area contributed by atoms with Crippen LogP contribution in [0.2, 0.25) is 0 Å². The van der Waals surface area contributed by atoms with Gasteiger partial charge in [0.2, 0.25) is 0 Å². The average Bonchev–Trinajstić information content (AvgIpc) is 2.41. The van der Waals surface area contributed by atoms with Crippen molar-refractivity contribution in [1.29, 1.82) is 0 Å². The van der Waals surface area contributed by atoms with Crippen LogP contribution in [0.25, 0.3) is 0 Å². The predicted octanol–water partition coefficient (Wildman–Crippen LogP) is 3.37. The van der Waals surface area contributed by atoms with E-state index in [-0.39, 0.29) is 6.61 Å². The van der Waals surface area contributed by atoms with Gasteiger partial charge in [0.1, 0.15) is 12.4 Å². The molecule has 1 N–H and O–H groups in total. The summed E-state index contributed by atoms with van der Waals surface area (Å²) >= 11 is 3.47. The monoisotopic (exact) mass is 339 g/mol. The number of terminal acetylenes is 1. The maximum absolute atomic E-state index is 5.53. The van der Waals surface area contributed by atoms with Gasteiger partial charge in [-0.1, -0.05) is 21.9 Å². The summed E-state index contributed by atoms with van der Waals surface area (Å²) in [6.07, 6.45) is 6.51. The summed E-state index contributed by atoms with van der Waals surface area (Å²) in [7, 11) is 0. The van der Waals surface area contributed by atoms with Crippen LogP contribution in [0.3, 0.4) is 0 Å². The Morgan fingerprint density at radius 2 is 2.20 bits per heavy atom. The van der Waals surface area contributed by atoms with Gasteiger partial charge in [0.25, 0.3) is 0 Å². The fourth-order valence-corrected chi connectivity index (χ4v) is 2.09. The van der Waals surface area contributed by atoms with Crippen molar-refractivity contribution in [3.05, 3.63) is 28.2 Å². The average molecular weight is 340 g/mol. The first kappa shape index (κ1) is 17.0. The smallest absolute Gasteiger partial charge is 0.148 e. The van der Waals surface area contributed by atoms with Crippen LogP contribution in [0.15, 0.2) is 22.7 Å². The molecule has 0 atom stereocenters. The van der Waals surface area contributed by atoms with Crippen LogP contribution in [0.5, 0.6) is 5.75 Å². The molecule has 0 saturated carbocycles. The summed E-state index contributed by atoms with van der Waals surface area (Å²) in [6.45, 7) is 6.82. The molecule has 4 heteroatoms. The van der Waals surface area contributed by atoms with Gasteiger partial charge in [-0.15, -0.1) is 6.42 Å². The molecule has 0 amide bonds. The lowest BCUT2D eigenvalue weighted by atomic mass is 10.2. The quantitative estimate of drug-likeness (QED) is 0.552. The van der Waals surface area contributed by atoms with Crippen molar-refractivity contribution in [2.24, 2.45) is 0 Å². The summed E-state index contributed by atoms with van der Waals surface area (Å²) in [5, 5.41) is 3.39. The Morgan fingerprint density at radius 1 is 1.40 bits per heavy atom. The minimum Gasteiger partial charge on any atom is -0.481 e. The first-order valence-electron chi connectivity index (χ1n) is 6.80. The van der Waals surface area contributed by atoms with E-state index in [4.69, 9.17) is 15.9 Å². The highest BCUT2D eigenvalue weighted by molar-refractivity contribution is 9.10. The largest absolute Gasteiger partial charge is 0.481 e. The van der Waals surface area contributed by atoms with Crippen molar-refractivity contribution in [1.82, 2.24) is 5.32 Å². The fraction of sp³-hybridized carbons (Fsp3) is 0.500. The van der Waals surface area contributed by atoms with Crippen molar-refractivity contribution < 1.29 is 9.47 Å². The van der Waals surface area contributed by atoms with E-state index in [0.717, 1.165) is 41.9 Å². The molecular formula is C16H22BrNO2. The minimum atomic E-state index is 0.289. The predicted molar refractivity (Wildman–Crippen MR) is 85.9 cm³/mol. The van der Waals surface area contributed by atoms with Crippen molar-refractivity contribution in [2.75, 3.05) is 19.8 Å². The molecule has 110 valence electrons. The van der Waals surface area contributed by atoms with Gasteiger partial charge in [-0.05, 0) is 45.0 Å². The zero-order chi connectivity index (χ0) is 14.8. The minimum absolute atomic E-state index is 0.289. The van der Waals surface area contributed by atoms with Gasteiger partial charge in [-0.25, -0.2) is 0 Å². The second-order valence-electron chi connectivity index (χ2n) is 4.69. The van der Waals surface area contributed by atoms with E-state index in [1.54, 1.807) is 0 Å². The second kappa shape index (κ2) is 9.82. The first-order valence-corrected chi connectivity index (χ1v) is 7.59. The fourth-order valence-electron chi connectivity index (χ4n) is 1.69. The molecule has 0 aromatic heterocycles. The molecule has 1 aromatic carbocycles. The normalized spacial score (nSPS) is 10.6. The van der Waals surface area contributed by atoms with Crippen molar-refractivity contribution in [3.63, 3.8) is 0 Å². The summed E-state index contributed by atoms with van der Waals surface area (Å²) in [4.78, 5) is 0. The van der Waals surface area contributed by atoms with E-state index < -0.39 is 0 Å². The van der Waals surface area contributed by atoms with Crippen molar-refractivity contribution in [3.8, 4) is 18.1 Å². The Morgan fingerprint density at radius 3 is 2.90 bits per heavy atom. The van der Waals surface area contributed by atoms with Gasteiger partial charge in [0.15, 0.2) is 0 Å². The van der Waals surface area contributed by atoms with Crippen LogP contribution in [0.4, 0.5) is 0 Å². The number of halogens is 1. The molecule has 0 spiro atoms. The third kappa shape index (κ3) is 6.95. The number of rotatable bonds is 9. The molecule has 0 bridgehead atoms. The molecule has 0 heterocycles. The lowest BCUT2D eigenvalue weighted by molar-refractivity contribution is 0.0770. The third-order valence-electron chi connectivity index (χ3n) is 2.60. The molecular weight excluding hydrogens is 318 g/mol. The molecule has 3 nitrogen and oxygen atoms in total. The zero-order valence-electron chi connectivity index (χ0n) is 12.1. The number of hydrogen-bond donors (Lipinski definition) is 1. The summed E-state index contributed by atoms with van der Waals surface area (Å²) < 4.78 is 12.1. The molecule has 1 aromatic rings. The molecule has 0 saturated heterocycles. The molecule has 0 aliphatic carbocycles. The zero-order valence-corrected chi connectivity index (χ0v) is 13.7. The highest BCUT2D eigenvalue weighted by atomic mass is 79.9. The van der Waals surface area contributed by atoms with E-state index in [1.165, 1.54) is 0 Å². The topological polar surface area (TPSA) is 30.5 Å². The number of benzene rings is 1. The van der Waals surface area contributed by atoms with Crippen LogP contribution in [-0.2, 0) is 11.3 Å². The Labute approximate surface area is 130 Å². The lowest BCUT2D eigenvalue weighted by Gasteiger charge is -2.12. The standard InChI is InChI=1S/C16H22BrNO2/c1-4-9-20-16-7-6-15(17)11-14(16)12-18-8-5-10-19-13(2)3/h1,6-7,11,13,18H,5,8-10,12H2,2-3H3. The molecule has 0 aliphatic heterocycles. The van der Waals surface area contributed by atoms with Crippen LogP contribution < -0.4 is 10.1 Å². The molecule has 0 radical (unpaired) electrons. The summed E-state index contributed by atoms with van der Waals surface area (Å²) in [5.41, 5.74) is 1.10. The van der Waals surface area contributed by atoms with Crippen LogP contribution in [-0.4, -0.2) is 25.9 Å². The number of ether oxygens (including phenoxy) is 2. The van der Waals surface area contributed by atoms with Gasteiger partial charge in [0.05, 0.1) is 6.10 Å². The van der Waals surface area contributed by atoms with Crippen molar-refractivity contribution >= 4 is 15.9 Å². The van der Waals surface area contributed by atoms with Gasteiger partial charge in [0, 0.05) is 23.2 Å². The maximum Gasteiger partial charge on any atom is 0.148 e. The summed E-state index contributed by atoms with van der Waals surface area (Å²) in [5.74, 6) is 3.31. The molecule has 0 unspecified atom stereocenters. The van der Waals surface area contributed by atoms with E-state index >= 15 is 0 Å². The Hall–Kier alpha value is -1.02. The van der Waals surface area contributed by atoms with E-state index in [1.807, 2.05) is 32.0 Å². The highest BCUT2D eigenvalue weighted by Gasteiger charge is 2.04. The molecule has 0 fully saturated rings. The van der Waals surface area contributed by atoms with E-state index in [2.05, 4.69) is 27.2 Å². The second-order valence-corrected chi connectivity index (χ2v) is 5.61. The van der Waals surface area contributed by atoms with Gasteiger partial charge < -0.3 is 14.8 Å². The van der Waals surface area contributed by atoms with E-state index in [0.29, 0.717) is 6.10 Å². The number of nitrogens with one attached hydrogen (secondary N) is 1. The highest BCUT2D eigenvalue weighted by Crippen LogP contribution is 2.23. The van der Waals surface area contributed by atoms with Crippen LogP contribution in [0.1, 0.15) is 25.8 Å². The number of hydrogen-bond acceptors (Lipinski definition) is 3. The first-order chi connectivity index (χ1) is 9.63. The maximum atomic E-state index is 5.53. The molecule has 0 aliphatic rings.